The van der Waals surface area contributed by atoms with E-state index in [0.29, 0.717) is 11.5 Å². The molecule has 4 rings (SSSR count). The highest BCUT2D eigenvalue weighted by Gasteiger charge is 2.58. The van der Waals surface area contributed by atoms with Crippen molar-refractivity contribution in [1.82, 2.24) is 15.2 Å². The number of amides is 1. The second-order valence-electron chi connectivity index (χ2n) is 6.86. The minimum Gasteiger partial charge on any atom is -0.456 e. The number of aromatic nitrogens is 1. The number of fused-ring (bicyclic) bond motifs is 1. The lowest BCUT2D eigenvalue weighted by molar-refractivity contribution is -0.136. The fourth-order valence-electron chi connectivity index (χ4n) is 3.51. The van der Waals surface area contributed by atoms with E-state index >= 15 is 0 Å². The van der Waals surface area contributed by atoms with Crippen molar-refractivity contribution in [2.75, 3.05) is 0 Å². The Labute approximate surface area is 171 Å². The molecule has 11 nitrogen and oxygen atoms in total. The van der Waals surface area contributed by atoms with Crippen LogP contribution in [-0.4, -0.2) is 48.4 Å². The number of benzene rings is 1. The summed E-state index contributed by atoms with van der Waals surface area (Å²) in [6, 6.07) is 8.92. The van der Waals surface area contributed by atoms with Gasteiger partial charge in [0.2, 0.25) is 10.0 Å². The average molecular weight is 435 g/mol. The smallest absolute Gasteiger partial charge is 0.456 e. The second kappa shape index (κ2) is 7.55. The zero-order valence-electron chi connectivity index (χ0n) is 15.3. The molecule has 1 aromatic carbocycles. The van der Waals surface area contributed by atoms with Gasteiger partial charge >= 0.3 is 6.16 Å². The molecule has 1 aliphatic carbocycles. The van der Waals surface area contributed by atoms with Crippen LogP contribution in [0.25, 0.3) is 0 Å². The van der Waals surface area contributed by atoms with E-state index in [1.54, 1.807) is 18.3 Å². The van der Waals surface area contributed by atoms with E-state index in [1.165, 1.54) is 35.9 Å². The molecule has 158 valence electrons. The van der Waals surface area contributed by atoms with Crippen LogP contribution in [0.2, 0.25) is 0 Å². The van der Waals surface area contributed by atoms with E-state index in [0.717, 1.165) is 0 Å². The Hall–Kier alpha value is -3.22. The van der Waals surface area contributed by atoms with E-state index in [1.807, 2.05) is 0 Å². The molecule has 1 aliphatic heterocycles. The molecule has 1 aromatic heterocycles. The third kappa shape index (κ3) is 3.79. The van der Waals surface area contributed by atoms with E-state index in [-0.39, 0.29) is 17.7 Å². The van der Waals surface area contributed by atoms with Crippen molar-refractivity contribution in [2.45, 2.75) is 35.5 Å². The number of carbonyl (C=O) groups is 2. The summed E-state index contributed by atoms with van der Waals surface area (Å²) in [6.07, 6.45) is 0.259. The van der Waals surface area contributed by atoms with Crippen molar-refractivity contribution < 1.29 is 37.4 Å². The van der Waals surface area contributed by atoms with E-state index in [4.69, 9.17) is 19.4 Å². The lowest BCUT2D eigenvalue weighted by atomic mass is 9.98. The summed E-state index contributed by atoms with van der Waals surface area (Å²) in [5.41, 5.74) is -0.271. The van der Waals surface area contributed by atoms with Gasteiger partial charge in [-0.1, -0.05) is 0 Å². The van der Waals surface area contributed by atoms with Crippen LogP contribution in [0.5, 0.6) is 11.5 Å². The third-order valence-electron chi connectivity index (χ3n) is 4.88. The van der Waals surface area contributed by atoms with Gasteiger partial charge in [-0.05, 0) is 36.4 Å². The molecule has 0 spiro atoms. The second-order valence-corrected chi connectivity index (χ2v) is 8.54. The summed E-state index contributed by atoms with van der Waals surface area (Å²) in [5, 5.41) is 9.12. The van der Waals surface area contributed by atoms with E-state index in [9.17, 15) is 18.0 Å². The highest BCUT2D eigenvalue weighted by atomic mass is 32.2. The molecule has 30 heavy (non-hydrogen) atoms. The summed E-state index contributed by atoms with van der Waals surface area (Å²) in [5.74, 6) is -0.103. The Kier molecular flexibility index (Phi) is 5.05. The minimum absolute atomic E-state index is 0.124. The quantitative estimate of drug-likeness (QED) is 0.344. The maximum atomic E-state index is 12.9. The number of nitrogens with one attached hydrogen (secondary N) is 2. The topological polar surface area (TPSA) is 153 Å². The maximum Gasteiger partial charge on any atom is 0.509 e. The van der Waals surface area contributed by atoms with Gasteiger partial charge < -0.3 is 14.2 Å². The van der Waals surface area contributed by atoms with Crippen LogP contribution >= 0.6 is 0 Å². The molecule has 1 saturated heterocycles. The number of pyridine rings is 1. The summed E-state index contributed by atoms with van der Waals surface area (Å²) in [6.45, 7) is 0. The van der Waals surface area contributed by atoms with Crippen molar-refractivity contribution in [1.29, 1.82) is 0 Å². The molecule has 2 heterocycles. The maximum absolute atomic E-state index is 12.9. The van der Waals surface area contributed by atoms with Gasteiger partial charge in [0.05, 0.1) is 11.1 Å². The van der Waals surface area contributed by atoms with Gasteiger partial charge in [0.25, 0.3) is 5.91 Å². The Bertz CT molecular complexity index is 1040. The van der Waals surface area contributed by atoms with Crippen LogP contribution in [0.15, 0.2) is 53.7 Å². The summed E-state index contributed by atoms with van der Waals surface area (Å²) in [7, 11) is -4.18. The van der Waals surface area contributed by atoms with E-state index in [2.05, 4.69) is 9.71 Å². The van der Waals surface area contributed by atoms with E-state index < -0.39 is 39.8 Å². The molecule has 2 unspecified atom stereocenters. The zero-order chi connectivity index (χ0) is 21.4. The summed E-state index contributed by atoms with van der Waals surface area (Å²) < 4.78 is 43.6. The van der Waals surface area contributed by atoms with Gasteiger partial charge in [-0.15, -0.1) is 0 Å². The molecule has 3 N–H and O–H groups in total. The average Bonchev–Trinajstić information content (AvgIpc) is 3.22. The third-order valence-corrected chi connectivity index (χ3v) is 6.43. The Morgan fingerprint density at radius 2 is 1.80 bits per heavy atom. The highest BCUT2D eigenvalue weighted by molar-refractivity contribution is 7.89. The fraction of sp³-hybridized carbons (Fsp3) is 0.278. The number of carbonyl (C=O) groups excluding carboxylic acids is 2. The molecule has 2 aromatic rings. The number of hydrogen-bond donors (Lipinski definition) is 3. The minimum atomic E-state index is -4.18. The first-order valence-electron chi connectivity index (χ1n) is 8.85. The SMILES string of the molecule is O=C1OC2CC(NS(=O)(=O)c3ccc(Oc4cccnc4)cc3)(C(=O)NO)CC2O1. The van der Waals surface area contributed by atoms with Crippen LogP contribution in [0.1, 0.15) is 12.8 Å². The largest absolute Gasteiger partial charge is 0.509 e. The molecular weight excluding hydrogens is 418 g/mol. The molecule has 1 saturated carbocycles. The normalized spacial score (nSPS) is 25.2. The predicted molar refractivity (Wildman–Crippen MR) is 98.1 cm³/mol. The van der Waals surface area contributed by atoms with Gasteiger partial charge in [0.15, 0.2) is 0 Å². The Morgan fingerprint density at radius 3 is 2.37 bits per heavy atom. The monoisotopic (exact) mass is 435 g/mol. The van der Waals surface area contributed by atoms with Crippen molar-refractivity contribution in [3.63, 3.8) is 0 Å². The molecule has 1 amide bonds. The van der Waals surface area contributed by atoms with Crippen molar-refractivity contribution in [3.05, 3.63) is 48.8 Å². The van der Waals surface area contributed by atoms with Crippen LogP contribution in [0.3, 0.4) is 0 Å². The van der Waals surface area contributed by atoms with Crippen molar-refractivity contribution >= 4 is 22.1 Å². The first kappa shape index (κ1) is 20.1. The standard InChI is InChI=1S/C18H17N3O8S/c22-16(20-24)18(8-14-15(9-18)29-17(23)28-14)21-30(25,26)13-5-3-11(4-6-13)27-12-2-1-7-19-10-12/h1-7,10,14-15,21,24H,8-9H2,(H,20,22). The van der Waals surface area contributed by atoms with Crippen LogP contribution in [0.4, 0.5) is 4.79 Å². The number of sulfonamides is 1. The van der Waals surface area contributed by atoms with Gasteiger partial charge in [0, 0.05) is 19.0 Å². The highest BCUT2D eigenvalue weighted by Crippen LogP contribution is 2.39. The first-order chi connectivity index (χ1) is 14.3. The zero-order valence-corrected chi connectivity index (χ0v) is 16.2. The van der Waals surface area contributed by atoms with Crippen LogP contribution in [-0.2, 0) is 24.3 Å². The molecule has 0 bridgehead atoms. The van der Waals surface area contributed by atoms with Gasteiger partial charge in [-0.25, -0.2) is 18.7 Å². The number of hydrogen-bond acceptors (Lipinski definition) is 9. The lowest BCUT2D eigenvalue weighted by Crippen LogP contribution is -2.57. The Morgan fingerprint density at radius 1 is 1.13 bits per heavy atom. The lowest BCUT2D eigenvalue weighted by Gasteiger charge is -2.27. The summed E-state index contributed by atoms with van der Waals surface area (Å²) >= 11 is 0. The summed E-state index contributed by atoms with van der Waals surface area (Å²) in [4.78, 5) is 27.3. The Balaban J connectivity index is 1.53. The first-order valence-corrected chi connectivity index (χ1v) is 10.3. The van der Waals surface area contributed by atoms with Crippen molar-refractivity contribution in [2.24, 2.45) is 0 Å². The number of ether oxygens (including phenoxy) is 3. The molecule has 2 aliphatic rings. The van der Waals surface area contributed by atoms with Gasteiger partial charge in [-0.3, -0.25) is 15.0 Å². The molecule has 2 fully saturated rings. The van der Waals surface area contributed by atoms with Crippen molar-refractivity contribution in [3.8, 4) is 11.5 Å². The number of rotatable bonds is 6. The molecular formula is C18H17N3O8S. The number of nitrogens with zero attached hydrogens (tertiary/aromatic N) is 1. The van der Waals surface area contributed by atoms with Crippen LogP contribution in [0, 0.1) is 0 Å². The fourth-order valence-corrected chi connectivity index (χ4v) is 4.90. The molecule has 0 radical (unpaired) electrons. The number of hydroxylamine groups is 1. The van der Waals surface area contributed by atoms with Crippen LogP contribution < -0.4 is 14.9 Å². The molecule has 12 heteroatoms. The molecule has 2 atom stereocenters. The van der Waals surface area contributed by atoms with Gasteiger partial charge in [0.1, 0.15) is 29.2 Å². The predicted octanol–water partition coefficient (Wildman–Crippen LogP) is 1.09. The van der Waals surface area contributed by atoms with Gasteiger partial charge in [-0.2, -0.15) is 4.72 Å².